The van der Waals surface area contributed by atoms with Crippen molar-refractivity contribution >= 4 is 5.91 Å². The molecule has 0 bridgehead atoms. The van der Waals surface area contributed by atoms with Gasteiger partial charge in [0.15, 0.2) is 0 Å². The van der Waals surface area contributed by atoms with Crippen LogP contribution in [0.15, 0.2) is 6.20 Å². The van der Waals surface area contributed by atoms with Gasteiger partial charge in [-0.05, 0) is 56.7 Å². The van der Waals surface area contributed by atoms with Crippen molar-refractivity contribution in [3.8, 4) is 0 Å². The highest BCUT2D eigenvalue weighted by molar-refractivity contribution is 5.79. The second-order valence-electron chi connectivity index (χ2n) is 8.27. The molecule has 2 aliphatic rings. The first-order valence-corrected chi connectivity index (χ1v) is 9.87. The molecule has 5 nitrogen and oxygen atoms in total. The van der Waals surface area contributed by atoms with Crippen LogP contribution in [0.5, 0.6) is 0 Å². The fourth-order valence-electron chi connectivity index (χ4n) is 4.19. The average Bonchev–Trinajstić information content (AvgIpc) is 2.96. The smallest absolute Gasteiger partial charge is 0.347 e. The molecule has 0 unspecified atom stereocenters. The van der Waals surface area contributed by atoms with E-state index >= 15 is 0 Å². The molecule has 27 heavy (non-hydrogen) atoms. The first-order valence-electron chi connectivity index (χ1n) is 9.87. The lowest BCUT2D eigenvalue weighted by Crippen LogP contribution is -2.43. The molecule has 1 aliphatic heterocycles. The largest absolute Gasteiger partial charge is 0.408 e. The molecule has 2 heterocycles. The summed E-state index contributed by atoms with van der Waals surface area (Å²) in [6.45, 7) is 6.19. The minimum absolute atomic E-state index is 0.0161. The van der Waals surface area contributed by atoms with Gasteiger partial charge in [0.1, 0.15) is 6.54 Å². The lowest BCUT2D eigenvalue weighted by atomic mass is 9.91. The third-order valence-corrected chi connectivity index (χ3v) is 5.38. The van der Waals surface area contributed by atoms with Gasteiger partial charge in [0.05, 0.1) is 11.7 Å². The first kappa shape index (κ1) is 20.2. The molecule has 8 heteroatoms. The zero-order valence-electron chi connectivity index (χ0n) is 16.1. The monoisotopic (exact) mass is 386 g/mol. The molecule has 1 aromatic heterocycles. The molecule has 0 aromatic carbocycles. The zero-order valence-corrected chi connectivity index (χ0v) is 16.1. The molecule has 152 valence electrons. The van der Waals surface area contributed by atoms with Gasteiger partial charge in [0.25, 0.3) is 0 Å². The molecular weight excluding hydrogens is 357 g/mol. The van der Waals surface area contributed by atoms with Gasteiger partial charge in [-0.25, -0.2) is 0 Å². The molecule has 1 aliphatic carbocycles. The molecule has 1 amide bonds. The summed E-state index contributed by atoms with van der Waals surface area (Å²) >= 11 is 0. The minimum atomic E-state index is -4.29. The Morgan fingerprint density at radius 2 is 2.00 bits per heavy atom. The number of carbonyl (C=O) groups excluding carboxylic acids is 1. The number of carbonyl (C=O) groups is 1. The van der Waals surface area contributed by atoms with Crippen molar-refractivity contribution in [3.05, 3.63) is 17.5 Å². The summed E-state index contributed by atoms with van der Waals surface area (Å²) in [4.78, 5) is 15.1. The number of halogens is 3. The molecular formula is C19H29F3N4O. The van der Waals surface area contributed by atoms with Crippen molar-refractivity contribution < 1.29 is 18.0 Å². The average molecular weight is 386 g/mol. The standard InChI is InChI=1S/C19H29F3N4O/c1-13(2)10-25-8-6-14(7-9-25)18(27)23-16-5-3-4-15-11-26(24-17(15)16)12-19(20,21)22/h11,13-14,16H,3-10,12H2,1-2H3,(H,23,27)/t16-/m1/s1. The number of piperidine rings is 1. The topological polar surface area (TPSA) is 50.2 Å². The minimum Gasteiger partial charge on any atom is -0.347 e. The first-order chi connectivity index (χ1) is 12.7. The van der Waals surface area contributed by atoms with Crippen LogP contribution < -0.4 is 5.32 Å². The fourth-order valence-corrected chi connectivity index (χ4v) is 4.19. The quantitative estimate of drug-likeness (QED) is 0.845. The molecule has 0 radical (unpaired) electrons. The Morgan fingerprint density at radius 3 is 2.63 bits per heavy atom. The maximum absolute atomic E-state index is 12.7. The van der Waals surface area contributed by atoms with E-state index in [1.165, 1.54) is 6.20 Å². The van der Waals surface area contributed by atoms with Crippen molar-refractivity contribution in [2.45, 2.75) is 64.7 Å². The van der Waals surface area contributed by atoms with Crippen LogP contribution in [0.25, 0.3) is 0 Å². The number of hydrogen-bond donors (Lipinski definition) is 1. The number of alkyl halides is 3. The molecule has 1 fully saturated rings. The number of likely N-dealkylation sites (tertiary alicyclic amines) is 1. The van der Waals surface area contributed by atoms with Gasteiger partial charge in [-0.2, -0.15) is 18.3 Å². The van der Waals surface area contributed by atoms with E-state index < -0.39 is 12.7 Å². The van der Waals surface area contributed by atoms with Gasteiger partial charge in [0, 0.05) is 18.7 Å². The zero-order chi connectivity index (χ0) is 19.6. The highest BCUT2D eigenvalue weighted by Gasteiger charge is 2.33. The van der Waals surface area contributed by atoms with Crippen LogP contribution in [0.3, 0.4) is 0 Å². The van der Waals surface area contributed by atoms with E-state index in [4.69, 9.17) is 0 Å². The number of amides is 1. The van der Waals surface area contributed by atoms with Gasteiger partial charge < -0.3 is 10.2 Å². The molecule has 1 N–H and O–H groups in total. The number of nitrogens with one attached hydrogen (secondary N) is 1. The van der Waals surface area contributed by atoms with Gasteiger partial charge in [-0.1, -0.05) is 13.8 Å². The Balaban J connectivity index is 1.58. The SMILES string of the molecule is CC(C)CN1CCC(C(=O)N[C@@H]2CCCc3cn(CC(F)(F)F)nc32)CC1. The van der Waals surface area contributed by atoms with E-state index in [0.717, 1.165) is 55.6 Å². The lowest BCUT2D eigenvalue weighted by Gasteiger charge is -2.33. The number of aromatic nitrogens is 2. The third kappa shape index (κ3) is 5.46. The van der Waals surface area contributed by atoms with E-state index in [9.17, 15) is 18.0 Å². The Kier molecular flexibility index (Phi) is 6.13. The summed E-state index contributed by atoms with van der Waals surface area (Å²) in [6, 6.07) is -0.274. The number of aryl methyl sites for hydroxylation is 1. The van der Waals surface area contributed by atoms with E-state index in [1.54, 1.807) is 0 Å². The van der Waals surface area contributed by atoms with Crippen LogP contribution in [-0.4, -0.2) is 46.4 Å². The van der Waals surface area contributed by atoms with Crippen molar-refractivity contribution in [3.63, 3.8) is 0 Å². The molecule has 1 atom stereocenters. The van der Waals surface area contributed by atoms with Gasteiger partial charge in [-0.3, -0.25) is 9.48 Å². The summed E-state index contributed by atoms with van der Waals surface area (Å²) in [5.41, 5.74) is 1.43. The molecule has 3 rings (SSSR count). The van der Waals surface area contributed by atoms with Crippen molar-refractivity contribution in [1.82, 2.24) is 20.0 Å². The van der Waals surface area contributed by atoms with Gasteiger partial charge >= 0.3 is 6.18 Å². The predicted octanol–water partition coefficient (Wildman–Crippen LogP) is 3.31. The highest BCUT2D eigenvalue weighted by atomic mass is 19.4. The Hall–Kier alpha value is -1.57. The summed E-state index contributed by atoms with van der Waals surface area (Å²) in [6.07, 6.45) is 1.15. The van der Waals surface area contributed by atoms with Crippen LogP contribution in [0, 0.1) is 11.8 Å². The van der Waals surface area contributed by atoms with E-state index in [-0.39, 0.29) is 17.9 Å². The Morgan fingerprint density at radius 1 is 1.30 bits per heavy atom. The fraction of sp³-hybridized carbons (Fsp3) is 0.789. The van der Waals surface area contributed by atoms with Gasteiger partial charge in [-0.15, -0.1) is 0 Å². The normalized spacial score (nSPS) is 22.1. The summed E-state index contributed by atoms with van der Waals surface area (Å²) in [5.74, 6) is 0.612. The summed E-state index contributed by atoms with van der Waals surface area (Å²) in [7, 11) is 0. The predicted molar refractivity (Wildman–Crippen MR) is 96.1 cm³/mol. The number of fused-ring (bicyclic) bond motifs is 1. The van der Waals surface area contributed by atoms with Crippen molar-refractivity contribution in [1.29, 1.82) is 0 Å². The third-order valence-electron chi connectivity index (χ3n) is 5.38. The lowest BCUT2D eigenvalue weighted by molar-refractivity contribution is -0.142. The molecule has 0 saturated carbocycles. The van der Waals surface area contributed by atoms with Crippen molar-refractivity contribution in [2.24, 2.45) is 11.8 Å². The molecule has 1 saturated heterocycles. The maximum Gasteiger partial charge on any atom is 0.408 e. The van der Waals surface area contributed by atoms with Crippen LogP contribution >= 0.6 is 0 Å². The maximum atomic E-state index is 12.7. The van der Waals surface area contributed by atoms with Crippen LogP contribution in [-0.2, 0) is 17.8 Å². The second kappa shape index (κ2) is 8.20. The van der Waals surface area contributed by atoms with Crippen molar-refractivity contribution in [2.75, 3.05) is 19.6 Å². The number of hydrogen-bond acceptors (Lipinski definition) is 3. The van der Waals surface area contributed by atoms with Crippen LogP contribution in [0.2, 0.25) is 0 Å². The van der Waals surface area contributed by atoms with Crippen LogP contribution in [0.1, 0.15) is 56.8 Å². The van der Waals surface area contributed by atoms with E-state index in [1.807, 2.05) is 0 Å². The Labute approximate surface area is 158 Å². The van der Waals surface area contributed by atoms with E-state index in [2.05, 4.69) is 29.2 Å². The summed E-state index contributed by atoms with van der Waals surface area (Å²) < 4.78 is 38.9. The molecule has 0 spiro atoms. The summed E-state index contributed by atoms with van der Waals surface area (Å²) in [5, 5.41) is 7.20. The highest BCUT2D eigenvalue weighted by Crippen LogP contribution is 2.30. The Bertz CT molecular complexity index is 648. The number of rotatable bonds is 5. The molecule has 1 aromatic rings. The van der Waals surface area contributed by atoms with Gasteiger partial charge in [0.2, 0.25) is 5.91 Å². The second-order valence-corrected chi connectivity index (χ2v) is 8.27. The van der Waals surface area contributed by atoms with Crippen LogP contribution in [0.4, 0.5) is 13.2 Å². The number of nitrogens with zero attached hydrogens (tertiary/aromatic N) is 3. The van der Waals surface area contributed by atoms with E-state index in [0.29, 0.717) is 18.0 Å².